The molecule has 0 saturated heterocycles. The van der Waals surface area contributed by atoms with Gasteiger partial charge in [0, 0.05) is 63.3 Å². The van der Waals surface area contributed by atoms with Gasteiger partial charge in [-0.3, -0.25) is 0 Å². The Bertz CT molecular complexity index is 3540. The lowest BCUT2D eigenvalue weighted by Gasteiger charge is -2.10. The first-order chi connectivity index (χ1) is 28.2. The summed E-state index contributed by atoms with van der Waals surface area (Å²) in [7, 11) is 0. The van der Waals surface area contributed by atoms with E-state index in [0.717, 1.165) is 70.9 Å². The van der Waals surface area contributed by atoms with Crippen molar-refractivity contribution in [2.45, 2.75) is 0 Å². The Balaban J connectivity index is 1.10. The van der Waals surface area contributed by atoms with E-state index in [1.165, 1.54) is 19.5 Å². The van der Waals surface area contributed by atoms with Gasteiger partial charge < -0.3 is 4.42 Å². The summed E-state index contributed by atoms with van der Waals surface area (Å²) in [4.78, 5) is 26.1. The third-order valence-electron chi connectivity index (χ3n) is 10.6. The average molecular weight is 766 g/mol. The van der Waals surface area contributed by atoms with E-state index in [-0.39, 0.29) is 0 Å². The fourth-order valence-corrected chi connectivity index (χ4v) is 10.3. The Morgan fingerprint density at radius 1 is 0.368 bits per heavy atom. The number of hydrogen-bond donors (Lipinski definition) is 0. The van der Waals surface area contributed by atoms with Crippen molar-refractivity contribution in [3.8, 4) is 56.8 Å². The van der Waals surface area contributed by atoms with Gasteiger partial charge in [0.15, 0.2) is 23.3 Å². The predicted molar refractivity (Wildman–Crippen MR) is 236 cm³/mol. The molecule has 266 valence electrons. The van der Waals surface area contributed by atoms with Crippen molar-refractivity contribution in [1.82, 2.24) is 24.9 Å². The molecule has 12 rings (SSSR count). The molecule has 0 aliphatic heterocycles. The number of thiophene rings is 2. The van der Waals surface area contributed by atoms with E-state index in [9.17, 15) is 0 Å². The standard InChI is InChI=1S/C49H27N5OS2/c1-3-14-28(15-4-1)42-45-43(31-19-8-10-26-38(31)57-45)51-47(50-42)33-21-12-24-36-40(33)32-20-11-23-35(44(32)55-36)49-53-46(29-16-5-2-6-17-29)52-48(54-49)34-22-13-27-39-41(34)30-18-7-9-25-37(30)56-39/h1-27H. The van der Waals surface area contributed by atoms with Gasteiger partial charge in [-0.25, -0.2) is 24.9 Å². The maximum absolute atomic E-state index is 6.81. The summed E-state index contributed by atoms with van der Waals surface area (Å²) in [6.07, 6.45) is 0. The van der Waals surface area contributed by atoms with Gasteiger partial charge in [0.1, 0.15) is 11.2 Å². The van der Waals surface area contributed by atoms with Crippen molar-refractivity contribution in [2.24, 2.45) is 0 Å². The van der Waals surface area contributed by atoms with E-state index in [1.807, 2.05) is 60.7 Å². The van der Waals surface area contributed by atoms with E-state index >= 15 is 0 Å². The number of fused-ring (bicyclic) bond motifs is 9. The summed E-state index contributed by atoms with van der Waals surface area (Å²) >= 11 is 3.51. The quantitative estimate of drug-likeness (QED) is 0.174. The fraction of sp³-hybridized carbons (Fsp3) is 0. The summed E-state index contributed by atoms with van der Waals surface area (Å²) in [5.41, 5.74) is 7.90. The highest BCUT2D eigenvalue weighted by Crippen LogP contribution is 2.44. The van der Waals surface area contributed by atoms with Crippen LogP contribution in [0.4, 0.5) is 0 Å². The Morgan fingerprint density at radius 2 is 0.930 bits per heavy atom. The minimum absolute atomic E-state index is 0.537. The topological polar surface area (TPSA) is 77.6 Å². The Labute approximate surface area is 333 Å². The van der Waals surface area contributed by atoms with Crippen LogP contribution in [0.15, 0.2) is 168 Å². The number of nitrogens with zero attached hydrogens (tertiary/aromatic N) is 5. The molecular formula is C49H27N5OS2. The van der Waals surface area contributed by atoms with Crippen LogP contribution in [0, 0.1) is 0 Å². The van der Waals surface area contributed by atoms with Crippen molar-refractivity contribution in [3.63, 3.8) is 0 Å². The van der Waals surface area contributed by atoms with E-state index in [0.29, 0.717) is 28.9 Å². The molecule has 0 unspecified atom stereocenters. The molecule has 12 aromatic rings. The second-order valence-electron chi connectivity index (χ2n) is 14.0. The van der Waals surface area contributed by atoms with E-state index in [4.69, 9.17) is 29.3 Å². The van der Waals surface area contributed by atoms with Crippen molar-refractivity contribution in [2.75, 3.05) is 0 Å². The van der Waals surface area contributed by atoms with Crippen molar-refractivity contribution < 1.29 is 4.42 Å². The number of furan rings is 1. The molecular weight excluding hydrogens is 739 g/mol. The number of hydrogen-bond acceptors (Lipinski definition) is 8. The lowest BCUT2D eigenvalue weighted by atomic mass is 10.0. The van der Waals surface area contributed by atoms with E-state index in [2.05, 4.69) is 103 Å². The van der Waals surface area contributed by atoms with Crippen LogP contribution in [0.3, 0.4) is 0 Å². The molecule has 0 aliphatic rings. The Kier molecular flexibility index (Phi) is 7.17. The number of benzene rings is 7. The van der Waals surface area contributed by atoms with Gasteiger partial charge in [-0.2, -0.15) is 0 Å². The van der Waals surface area contributed by atoms with Crippen molar-refractivity contribution in [1.29, 1.82) is 0 Å². The van der Waals surface area contributed by atoms with Crippen LogP contribution in [0.2, 0.25) is 0 Å². The predicted octanol–water partition coefficient (Wildman–Crippen LogP) is 13.6. The summed E-state index contributed by atoms with van der Waals surface area (Å²) in [6.45, 7) is 0. The molecule has 6 nitrogen and oxygen atoms in total. The molecule has 57 heavy (non-hydrogen) atoms. The zero-order valence-corrected chi connectivity index (χ0v) is 31.7. The highest BCUT2D eigenvalue weighted by atomic mass is 32.1. The van der Waals surface area contributed by atoms with Crippen LogP contribution in [0.25, 0.3) is 119 Å². The van der Waals surface area contributed by atoms with Crippen LogP contribution in [0.1, 0.15) is 0 Å². The molecule has 7 aromatic carbocycles. The molecule has 0 radical (unpaired) electrons. The summed E-state index contributed by atoms with van der Waals surface area (Å²) in [6, 6.07) is 56.1. The van der Waals surface area contributed by atoms with Crippen molar-refractivity contribution >= 4 is 85.1 Å². The second-order valence-corrected chi connectivity index (χ2v) is 16.1. The van der Waals surface area contributed by atoms with Gasteiger partial charge in [0.25, 0.3) is 0 Å². The number of rotatable bonds is 5. The molecule has 0 spiro atoms. The second kappa shape index (κ2) is 12.7. The summed E-state index contributed by atoms with van der Waals surface area (Å²) < 4.78 is 11.5. The molecule has 5 heterocycles. The molecule has 0 saturated carbocycles. The monoisotopic (exact) mass is 765 g/mol. The largest absolute Gasteiger partial charge is 0.455 e. The maximum atomic E-state index is 6.81. The zero-order valence-electron chi connectivity index (χ0n) is 30.0. The van der Waals surface area contributed by atoms with E-state index < -0.39 is 0 Å². The molecule has 5 aromatic heterocycles. The number of aromatic nitrogens is 5. The minimum atomic E-state index is 0.537. The summed E-state index contributed by atoms with van der Waals surface area (Å²) in [5, 5.41) is 5.34. The van der Waals surface area contributed by atoms with Gasteiger partial charge in [-0.05, 0) is 30.3 Å². The van der Waals surface area contributed by atoms with Gasteiger partial charge in [-0.15, -0.1) is 22.7 Å². The third kappa shape index (κ3) is 5.12. The molecule has 0 atom stereocenters. The van der Waals surface area contributed by atoms with Crippen LogP contribution >= 0.6 is 22.7 Å². The smallest absolute Gasteiger partial charge is 0.167 e. The molecule has 0 aliphatic carbocycles. The molecule has 0 bridgehead atoms. The number of para-hydroxylation sites is 1. The first-order valence-electron chi connectivity index (χ1n) is 18.7. The normalized spacial score (nSPS) is 11.9. The first kappa shape index (κ1) is 32.1. The lowest BCUT2D eigenvalue weighted by Crippen LogP contribution is -2.00. The fourth-order valence-electron chi connectivity index (χ4n) is 8.01. The van der Waals surface area contributed by atoms with Crippen LogP contribution < -0.4 is 0 Å². The molecule has 0 amide bonds. The lowest BCUT2D eigenvalue weighted by molar-refractivity contribution is 0.669. The first-order valence-corrected chi connectivity index (χ1v) is 20.3. The zero-order chi connectivity index (χ0) is 37.5. The highest BCUT2D eigenvalue weighted by Gasteiger charge is 2.23. The van der Waals surface area contributed by atoms with Crippen LogP contribution in [0.5, 0.6) is 0 Å². The van der Waals surface area contributed by atoms with Gasteiger partial charge in [0.2, 0.25) is 0 Å². The minimum Gasteiger partial charge on any atom is -0.455 e. The SMILES string of the molecule is c1ccc(-c2nc(-c3cccc4c3oc3cccc(-c5nc(-c6ccccc6)c6sc7ccccc7c6n5)c34)nc(-c3cccc4sc5ccccc5c34)n2)cc1. The molecule has 0 N–H and O–H groups in total. The Morgan fingerprint density at radius 3 is 1.74 bits per heavy atom. The molecule has 0 fully saturated rings. The third-order valence-corrected chi connectivity index (χ3v) is 12.9. The van der Waals surface area contributed by atoms with Crippen LogP contribution in [-0.4, -0.2) is 24.9 Å². The van der Waals surface area contributed by atoms with Gasteiger partial charge >= 0.3 is 0 Å². The van der Waals surface area contributed by atoms with Crippen LogP contribution in [-0.2, 0) is 0 Å². The summed E-state index contributed by atoms with van der Waals surface area (Å²) in [5.74, 6) is 2.39. The van der Waals surface area contributed by atoms with Gasteiger partial charge in [-0.1, -0.05) is 133 Å². The Hall–Kier alpha value is -7.13. The molecule has 8 heteroatoms. The van der Waals surface area contributed by atoms with E-state index in [1.54, 1.807) is 22.7 Å². The van der Waals surface area contributed by atoms with Crippen molar-refractivity contribution in [3.05, 3.63) is 164 Å². The van der Waals surface area contributed by atoms with Gasteiger partial charge in [0.05, 0.1) is 21.5 Å². The average Bonchev–Trinajstić information content (AvgIpc) is 3.98. The highest BCUT2D eigenvalue weighted by molar-refractivity contribution is 7.26. The maximum Gasteiger partial charge on any atom is 0.167 e.